The van der Waals surface area contributed by atoms with E-state index in [1.165, 1.54) is 11.1 Å². The second-order valence-electron chi connectivity index (χ2n) is 5.15. The minimum Gasteiger partial charge on any atom is -0.378 e. The van der Waals surface area contributed by atoms with E-state index in [-0.39, 0.29) is 11.9 Å². The molecule has 2 aliphatic heterocycles. The van der Waals surface area contributed by atoms with Crippen LogP contribution in [0.1, 0.15) is 23.6 Å². The van der Waals surface area contributed by atoms with Crippen molar-refractivity contribution in [2.45, 2.75) is 18.9 Å². The van der Waals surface area contributed by atoms with Crippen molar-refractivity contribution in [2.24, 2.45) is 0 Å². The third-order valence-corrected chi connectivity index (χ3v) is 3.96. The van der Waals surface area contributed by atoms with Gasteiger partial charge in [0.1, 0.15) is 0 Å². The Labute approximate surface area is 113 Å². The zero-order chi connectivity index (χ0) is 13.1. The molecule has 1 unspecified atom stereocenters. The number of hydrogen-bond acceptors (Lipinski definition) is 3. The fourth-order valence-corrected chi connectivity index (χ4v) is 2.89. The van der Waals surface area contributed by atoms with Crippen molar-refractivity contribution in [2.75, 3.05) is 32.8 Å². The van der Waals surface area contributed by atoms with E-state index in [9.17, 15) is 4.79 Å². The average molecular weight is 260 g/mol. The summed E-state index contributed by atoms with van der Waals surface area (Å²) in [5.41, 5.74) is 2.66. The lowest BCUT2D eigenvalue weighted by Crippen LogP contribution is -2.43. The number of benzene rings is 1. The maximum absolute atomic E-state index is 12.3. The number of ether oxygens (including phenoxy) is 1. The summed E-state index contributed by atoms with van der Waals surface area (Å²) in [4.78, 5) is 14.2. The van der Waals surface area contributed by atoms with Crippen LogP contribution < -0.4 is 5.32 Å². The van der Waals surface area contributed by atoms with Gasteiger partial charge in [-0.3, -0.25) is 4.79 Å². The molecule has 2 heterocycles. The third-order valence-electron chi connectivity index (χ3n) is 3.96. The predicted octanol–water partition coefficient (Wildman–Crippen LogP) is 1.12. The molecule has 0 bridgehead atoms. The number of nitrogens with one attached hydrogen (secondary N) is 1. The van der Waals surface area contributed by atoms with Gasteiger partial charge in [0.15, 0.2) is 0 Å². The molecule has 0 saturated carbocycles. The van der Waals surface area contributed by atoms with Gasteiger partial charge in [0.25, 0.3) is 0 Å². The van der Waals surface area contributed by atoms with Crippen molar-refractivity contribution in [1.29, 1.82) is 0 Å². The molecule has 0 spiro atoms. The zero-order valence-electron chi connectivity index (χ0n) is 11.1. The summed E-state index contributed by atoms with van der Waals surface area (Å²) in [5, 5.41) is 3.47. The number of carbonyl (C=O) groups excluding carboxylic acids is 1. The maximum Gasteiger partial charge on any atom is 0.224 e. The lowest BCUT2D eigenvalue weighted by atomic mass is 9.92. The monoisotopic (exact) mass is 260 g/mol. The van der Waals surface area contributed by atoms with Gasteiger partial charge < -0.3 is 15.0 Å². The van der Waals surface area contributed by atoms with Crippen LogP contribution in [-0.2, 0) is 16.0 Å². The standard InChI is InChI=1S/C15H20N2O2/c18-15(17-7-9-19-10-8-17)11-14-13-4-2-1-3-12(13)5-6-16-14/h1-4,14,16H,5-11H2. The molecule has 19 heavy (non-hydrogen) atoms. The van der Waals surface area contributed by atoms with E-state index in [0.717, 1.165) is 26.1 Å². The third kappa shape index (κ3) is 2.80. The number of fused-ring (bicyclic) bond motifs is 1. The summed E-state index contributed by atoms with van der Waals surface area (Å²) < 4.78 is 5.29. The molecule has 1 atom stereocenters. The maximum atomic E-state index is 12.3. The first-order valence-electron chi connectivity index (χ1n) is 7.01. The quantitative estimate of drug-likeness (QED) is 0.866. The van der Waals surface area contributed by atoms with Crippen molar-refractivity contribution >= 4 is 5.91 Å². The number of nitrogens with zero attached hydrogens (tertiary/aromatic N) is 1. The van der Waals surface area contributed by atoms with Crippen molar-refractivity contribution in [3.05, 3.63) is 35.4 Å². The largest absolute Gasteiger partial charge is 0.378 e. The number of hydrogen-bond donors (Lipinski definition) is 1. The van der Waals surface area contributed by atoms with Gasteiger partial charge in [-0.05, 0) is 24.1 Å². The first kappa shape index (κ1) is 12.6. The van der Waals surface area contributed by atoms with Crippen LogP contribution in [0.3, 0.4) is 0 Å². The Morgan fingerprint density at radius 2 is 2.11 bits per heavy atom. The van der Waals surface area contributed by atoms with Gasteiger partial charge >= 0.3 is 0 Å². The van der Waals surface area contributed by atoms with Gasteiger partial charge in [-0.1, -0.05) is 24.3 Å². The Morgan fingerprint density at radius 1 is 1.32 bits per heavy atom. The molecular weight excluding hydrogens is 240 g/mol. The summed E-state index contributed by atoms with van der Waals surface area (Å²) in [6.45, 7) is 3.75. The normalized spacial score (nSPS) is 22.9. The van der Waals surface area contributed by atoms with Gasteiger partial charge in [-0.25, -0.2) is 0 Å². The summed E-state index contributed by atoms with van der Waals surface area (Å²) in [7, 11) is 0. The van der Waals surface area contributed by atoms with Crippen LogP contribution in [0.2, 0.25) is 0 Å². The molecule has 0 radical (unpaired) electrons. The van der Waals surface area contributed by atoms with Crippen LogP contribution in [0.5, 0.6) is 0 Å². The molecule has 0 aromatic heterocycles. The van der Waals surface area contributed by atoms with E-state index >= 15 is 0 Å². The molecule has 3 rings (SSSR count). The minimum absolute atomic E-state index is 0.167. The number of morpholine rings is 1. The second-order valence-corrected chi connectivity index (χ2v) is 5.15. The Kier molecular flexibility index (Phi) is 3.80. The first-order valence-corrected chi connectivity index (χ1v) is 7.01. The van der Waals surface area contributed by atoms with E-state index in [0.29, 0.717) is 19.6 Å². The van der Waals surface area contributed by atoms with Crippen LogP contribution >= 0.6 is 0 Å². The molecule has 1 saturated heterocycles. The van der Waals surface area contributed by atoms with Crippen molar-refractivity contribution in [3.8, 4) is 0 Å². The molecule has 4 heteroatoms. The zero-order valence-corrected chi connectivity index (χ0v) is 11.1. The minimum atomic E-state index is 0.167. The molecular formula is C15H20N2O2. The lowest BCUT2D eigenvalue weighted by Gasteiger charge is -2.31. The highest BCUT2D eigenvalue weighted by atomic mass is 16.5. The molecule has 1 aromatic carbocycles. The summed E-state index contributed by atoms with van der Waals surface area (Å²) in [6.07, 6.45) is 1.61. The van der Waals surface area contributed by atoms with Gasteiger partial charge in [-0.2, -0.15) is 0 Å². The predicted molar refractivity (Wildman–Crippen MR) is 72.9 cm³/mol. The highest BCUT2D eigenvalue weighted by Crippen LogP contribution is 2.25. The van der Waals surface area contributed by atoms with Crippen LogP contribution in [0.15, 0.2) is 24.3 Å². The van der Waals surface area contributed by atoms with E-state index in [1.54, 1.807) is 0 Å². The van der Waals surface area contributed by atoms with Crippen LogP contribution in [0.4, 0.5) is 0 Å². The van der Waals surface area contributed by atoms with Crippen molar-refractivity contribution in [1.82, 2.24) is 10.2 Å². The summed E-state index contributed by atoms with van der Waals surface area (Å²) in [5.74, 6) is 0.234. The average Bonchev–Trinajstić information content (AvgIpc) is 2.48. The SMILES string of the molecule is O=C(CC1NCCc2ccccc21)N1CCOCC1. The van der Waals surface area contributed by atoms with Crippen molar-refractivity contribution in [3.63, 3.8) is 0 Å². The molecule has 2 aliphatic rings. The van der Waals surface area contributed by atoms with Gasteiger partial charge in [-0.15, -0.1) is 0 Å². The summed E-state index contributed by atoms with van der Waals surface area (Å²) in [6, 6.07) is 8.60. The Morgan fingerprint density at radius 3 is 2.95 bits per heavy atom. The molecule has 4 nitrogen and oxygen atoms in total. The molecule has 1 N–H and O–H groups in total. The molecule has 102 valence electrons. The van der Waals surface area contributed by atoms with Crippen LogP contribution in [-0.4, -0.2) is 43.7 Å². The highest BCUT2D eigenvalue weighted by Gasteiger charge is 2.25. The lowest BCUT2D eigenvalue weighted by molar-refractivity contribution is -0.135. The second kappa shape index (κ2) is 5.72. The molecule has 1 aromatic rings. The van der Waals surface area contributed by atoms with Crippen LogP contribution in [0.25, 0.3) is 0 Å². The van der Waals surface area contributed by atoms with E-state index in [4.69, 9.17) is 4.74 Å². The highest BCUT2D eigenvalue weighted by molar-refractivity contribution is 5.77. The fraction of sp³-hybridized carbons (Fsp3) is 0.533. The Hall–Kier alpha value is -1.39. The number of carbonyl (C=O) groups is 1. The number of amides is 1. The molecule has 1 amide bonds. The summed E-state index contributed by atoms with van der Waals surface area (Å²) >= 11 is 0. The van der Waals surface area contributed by atoms with Crippen LogP contribution in [0, 0.1) is 0 Å². The van der Waals surface area contributed by atoms with E-state index in [1.807, 2.05) is 4.90 Å². The molecule has 0 aliphatic carbocycles. The van der Waals surface area contributed by atoms with Gasteiger partial charge in [0.05, 0.1) is 13.2 Å². The van der Waals surface area contributed by atoms with Crippen molar-refractivity contribution < 1.29 is 9.53 Å². The molecule has 1 fully saturated rings. The van der Waals surface area contributed by atoms with E-state index < -0.39 is 0 Å². The first-order chi connectivity index (χ1) is 9.34. The van der Waals surface area contributed by atoms with E-state index in [2.05, 4.69) is 29.6 Å². The smallest absolute Gasteiger partial charge is 0.224 e. The number of rotatable bonds is 2. The van der Waals surface area contributed by atoms with Gasteiger partial charge in [0.2, 0.25) is 5.91 Å². The topological polar surface area (TPSA) is 41.6 Å². The Balaban J connectivity index is 1.68. The fourth-order valence-electron chi connectivity index (χ4n) is 2.89. The van der Waals surface area contributed by atoms with Gasteiger partial charge in [0, 0.05) is 25.6 Å². The Bertz CT molecular complexity index is 455.